The van der Waals surface area contributed by atoms with E-state index in [0.717, 1.165) is 31.3 Å². The molecule has 0 saturated carbocycles. The summed E-state index contributed by atoms with van der Waals surface area (Å²) in [6, 6.07) is 10.1. The molecule has 0 spiro atoms. The SMILES string of the molecule is O=C(Nc1ccc(F)c2ccccc12)N1CCCCC1. The molecular formula is C16H17FN2O. The second-order valence-corrected chi connectivity index (χ2v) is 5.12. The fraction of sp³-hybridized carbons (Fsp3) is 0.312. The van der Waals surface area contributed by atoms with Crippen molar-refractivity contribution in [2.45, 2.75) is 19.3 Å². The molecule has 0 atom stereocenters. The molecule has 3 rings (SSSR count). The third-order valence-corrected chi connectivity index (χ3v) is 3.76. The van der Waals surface area contributed by atoms with Crippen LogP contribution < -0.4 is 5.32 Å². The zero-order valence-corrected chi connectivity index (χ0v) is 11.2. The lowest BCUT2D eigenvalue weighted by molar-refractivity contribution is 0.200. The Morgan fingerprint density at radius 1 is 1.00 bits per heavy atom. The number of nitrogens with one attached hydrogen (secondary N) is 1. The van der Waals surface area contributed by atoms with Gasteiger partial charge in [-0.3, -0.25) is 0 Å². The standard InChI is InChI=1S/C16H17FN2O/c17-14-8-9-15(13-7-3-2-6-12(13)14)18-16(20)19-10-4-1-5-11-19/h2-3,6-9H,1,4-5,10-11H2,(H,18,20). The number of anilines is 1. The molecule has 1 saturated heterocycles. The van der Waals surface area contributed by atoms with Crippen molar-refractivity contribution < 1.29 is 9.18 Å². The Hall–Kier alpha value is -2.10. The van der Waals surface area contributed by atoms with Gasteiger partial charge >= 0.3 is 6.03 Å². The maximum Gasteiger partial charge on any atom is 0.321 e. The first-order valence-corrected chi connectivity index (χ1v) is 6.99. The Morgan fingerprint density at radius 2 is 1.70 bits per heavy atom. The minimum absolute atomic E-state index is 0.0959. The third kappa shape index (κ3) is 2.46. The van der Waals surface area contributed by atoms with Crippen LogP contribution in [0.4, 0.5) is 14.9 Å². The molecule has 3 nitrogen and oxygen atoms in total. The van der Waals surface area contributed by atoms with Crippen molar-refractivity contribution in [1.29, 1.82) is 0 Å². The molecule has 1 aliphatic heterocycles. The summed E-state index contributed by atoms with van der Waals surface area (Å²) in [7, 11) is 0. The summed E-state index contributed by atoms with van der Waals surface area (Å²) in [6.07, 6.45) is 3.29. The summed E-state index contributed by atoms with van der Waals surface area (Å²) in [6.45, 7) is 1.59. The van der Waals surface area contributed by atoms with Crippen molar-refractivity contribution in [2.24, 2.45) is 0 Å². The predicted molar refractivity (Wildman–Crippen MR) is 78.3 cm³/mol. The van der Waals surface area contributed by atoms with Gasteiger partial charge in [0.25, 0.3) is 0 Å². The van der Waals surface area contributed by atoms with Crippen molar-refractivity contribution in [2.75, 3.05) is 18.4 Å². The average Bonchev–Trinajstić information content (AvgIpc) is 2.51. The van der Waals surface area contributed by atoms with Gasteiger partial charge < -0.3 is 10.2 Å². The topological polar surface area (TPSA) is 32.3 Å². The summed E-state index contributed by atoms with van der Waals surface area (Å²) >= 11 is 0. The normalized spacial score (nSPS) is 15.3. The molecule has 2 aromatic rings. The summed E-state index contributed by atoms with van der Waals surface area (Å²) in [5.74, 6) is -0.267. The number of halogens is 1. The maximum absolute atomic E-state index is 13.7. The van der Waals surface area contributed by atoms with E-state index in [1.165, 1.54) is 12.5 Å². The number of fused-ring (bicyclic) bond motifs is 1. The van der Waals surface area contributed by atoms with Gasteiger partial charge in [0.1, 0.15) is 5.82 Å². The minimum Gasteiger partial charge on any atom is -0.325 e. The number of benzene rings is 2. The van der Waals surface area contributed by atoms with Crippen LogP contribution in [-0.2, 0) is 0 Å². The molecule has 2 amide bonds. The Bertz CT molecular complexity index is 635. The molecule has 1 aliphatic rings. The van der Waals surface area contributed by atoms with Crippen molar-refractivity contribution in [1.82, 2.24) is 4.90 Å². The van der Waals surface area contributed by atoms with Crippen LogP contribution in [-0.4, -0.2) is 24.0 Å². The number of likely N-dealkylation sites (tertiary alicyclic amines) is 1. The number of piperidine rings is 1. The van der Waals surface area contributed by atoms with Gasteiger partial charge in [-0.2, -0.15) is 0 Å². The summed E-state index contributed by atoms with van der Waals surface area (Å²) in [4.78, 5) is 14.0. The maximum atomic E-state index is 13.7. The highest BCUT2D eigenvalue weighted by Crippen LogP contribution is 2.26. The van der Waals surface area contributed by atoms with E-state index in [-0.39, 0.29) is 11.8 Å². The molecule has 1 heterocycles. The van der Waals surface area contributed by atoms with Crippen molar-refractivity contribution in [3.05, 3.63) is 42.2 Å². The fourth-order valence-electron chi connectivity index (χ4n) is 2.66. The number of rotatable bonds is 1. The molecule has 0 aromatic heterocycles. The van der Waals surface area contributed by atoms with Crippen LogP contribution in [0.15, 0.2) is 36.4 Å². The van der Waals surface area contributed by atoms with E-state index < -0.39 is 0 Å². The van der Waals surface area contributed by atoms with E-state index in [2.05, 4.69) is 5.32 Å². The van der Waals surface area contributed by atoms with Crippen LogP contribution in [0.25, 0.3) is 10.8 Å². The van der Waals surface area contributed by atoms with Gasteiger partial charge in [-0.25, -0.2) is 9.18 Å². The average molecular weight is 272 g/mol. The Balaban J connectivity index is 1.87. The van der Waals surface area contributed by atoms with Crippen LogP contribution >= 0.6 is 0 Å². The van der Waals surface area contributed by atoms with Gasteiger partial charge in [0.05, 0.1) is 5.69 Å². The third-order valence-electron chi connectivity index (χ3n) is 3.76. The quantitative estimate of drug-likeness (QED) is 0.836. The first kappa shape index (κ1) is 12.9. The number of urea groups is 1. The molecule has 0 bridgehead atoms. The molecule has 1 fully saturated rings. The van der Waals surface area contributed by atoms with Gasteiger partial charge in [0.15, 0.2) is 0 Å². The summed E-state index contributed by atoms with van der Waals surface area (Å²) in [5, 5.41) is 4.17. The first-order chi connectivity index (χ1) is 9.75. The first-order valence-electron chi connectivity index (χ1n) is 6.99. The predicted octanol–water partition coefficient (Wildman–Crippen LogP) is 4.00. The van der Waals surface area contributed by atoms with E-state index >= 15 is 0 Å². The van der Waals surface area contributed by atoms with Gasteiger partial charge in [-0.15, -0.1) is 0 Å². The zero-order valence-electron chi connectivity index (χ0n) is 11.2. The molecular weight excluding hydrogens is 255 g/mol. The number of hydrogen-bond acceptors (Lipinski definition) is 1. The Labute approximate surface area is 117 Å². The van der Waals surface area contributed by atoms with Crippen LogP contribution in [0, 0.1) is 5.82 Å². The highest BCUT2D eigenvalue weighted by Gasteiger charge is 2.17. The number of hydrogen-bond donors (Lipinski definition) is 1. The Morgan fingerprint density at radius 3 is 2.45 bits per heavy atom. The van der Waals surface area contributed by atoms with Crippen LogP contribution in [0.5, 0.6) is 0 Å². The number of amides is 2. The largest absolute Gasteiger partial charge is 0.325 e. The van der Waals surface area contributed by atoms with Crippen molar-refractivity contribution in [3.63, 3.8) is 0 Å². The van der Waals surface area contributed by atoms with Crippen LogP contribution in [0.2, 0.25) is 0 Å². The molecule has 1 N–H and O–H groups in total. The second kappa shape index (κ2) is 5.49. The lowest BCUT2D eigenvalue weighted by atomic mass is 10.1. The van der Waals surface area contributed by atoms with Gasteiger partial charge in [-0.05, 0) is 31.4 Å². The van der Waals surface area contributed by atoms with Gasteiger partial charge in [0.2, 0.25) is 0 Å². The zero-order chi connectivity index (χ0) is 13.9. The molecule has 0 unspecified atom stereocenters. The van der Waals surface area contributed by atoms with E-state index in [9.17, 15) is 9.18 Å². The smallest absolute Gasteiger partial charge is 0.321 e. The highest BCUT2D eigenvalue weighted by atomic mass is 19.1. The molecule has 0 radical (unpaired) electrons. The summed E-state index contributed by atoms with van der Waals surface area (Å²) in [5.41, 5.74) is 0.664. The Kier molecular flexibility index (Phi) is 3.54. The minimum atomic E-state index is -0.267. The van der Waals surface area contributed by atoms with E-state index in [4.69, 9.17) is 0 Å². The highest BCUT2D eigenvalue weighted by molar-refractivity contribution is 6.01. The second-order valence-electron chi connectivity index (χ2n) is 5.12. The number of nitrogens with zero attached hydrogens (tertiary/aromatic N) is 1. The number of carbonyl (C=O) groups is 1. The van der Waals surface area contributed by atoms with Gasteiger partial charge in [-0.1, -0.05) is 24.3 Å². The van der Waals surface area contributed by atoms with E-state index in [1.807, 2.05) is 17.0 Å². The fourth-order valence-corrected chi connectivity index (χ4v) is 2.66. The molecule has 2 aromatic carbocycles. The molecule has 20 heavy (non-hydrogen) atoms. The monoisotopic (exact) mass is 272 g/mol. The van der Waals surface area contributed by atoms with Crippen molar-refractivity contribution >= 4 is 22.5 Å². The van der Waals surface area contributed by atoms with E-state index in [0.29, 0.717) is 11.1 Å². The molecule has 0 aliphatic carbocycles. The molecule has 4 heteroatoms. The van der Waals surface area contributed by atoms with E-state index in [1.54, 1.807) is 18.2 Å². The van der Waals surface area contributed by atoms with Crippen LogP contribution in [0.3, 0.4) is 0 Å². The van der Waals surface area contributed by atoms with Crippen LogP contribution in [0.1, 0.15) is 19.3 Å². The lowest BCUT2D eigenvalue weighted by Crippen LogP contribution is -2.38. The van der Waals surface area contributed by atoms with Crippen molar-refractivity contribution in [3.8, 4) is 0 Å². The summed E-state index contributed by atoms with van der Waals surface area (Å²) < 4.78 is 13.7. The number of carbonyl (C=O) groups excluding carboxylic acids is 1. The lowest BCUT2D eigenvalue weighted by Gasteiger charge is -2.27. The molecule has 104 valence electrons. The van der Waals surface area contributed by atoms with Gasteiger partial charge in [0, 0.05) is 23.9 Å².